The minimum atomic E-state index is -0.594. The van der Waals surface area contributed by atoms with Crippen LogP contribution in [0.2, 0.25) is 0 Å². The Hall–Kier alpha value is -0.940. The normalized spacial score (nSPS) is 12.6. The number of aliphatic hydroxyl groups is 1. The van der Waals surface area contributed by atoms with Crippen molar-refractivity contribution in [1.82, 2.24) is 0 Å². The molecule has 0 aliphatic heterocycles. The molecule has 0 radical (unpaired) electrons. The molecule has 0 saturated heterocycles. The smallest absolute Gasteiger partial charge is 0.102 e. The lowest BCUT2D eigenvalue weighted by Gasteiger charge is -2.12. The molecule has 4 nitrogen and oxygen atoms in total. The van der Waals surface area contributed by atoms with Crippen LogP contribution in [-0.2, 0) is 16.0 Å². The quantitative estimate of drug-likeness (QED) is 0.656. The van der Waals surface area contributed by atoms with E-state index in [2.05, 4.69) is 6.92 Å². The second-order valence-electron chi connectivity index (χ2n) is 4.15. The van der Waals surface area contributed by atoms with E-state index in [1.54, 1.807) is 0 Å². The highest BCUT2D eigenvalue weighted by Gasteiger charge is 2.07. The molecule has 0 spiro atoms. The molecule has 4 heteroatoms. The van der Waals surface area contributed by atoms with Gasteiger partial charge >= 0.3 is 0 Å². The van der Waals surface area contributed by atoms with E-state index in [0.717, 1.165) is 24.2 Å². The molecule has 1 rings (SSSR count). The predicted octanol–water partition coefficient (Wildman–Crippen LogP) is 1.62. The summed E-state index contributed by atoms with van der Waals surface area (Å²) in [6.45, 7) is 4.71. The van der Waals surface area contributed by atoms with E-state index in [0.29, 0.717) is 19.8 Å². The van der Waals surface area contributed by atoms with E-state index in [4.69, 9.17) is 15.2 Å². The van der Waals surface area contributed by atoms with Gasteiger partial charge in [-0.05, 0) is 17.5 Å². The lowest BCUT2D eigenvalue weighted by atomic mass is 10.1. The van der Waals surface area contributed by atoms with Crippen molar-refractivity contribution in [2.75, 3.05) is 26.4 Å². The molecular formula is C14H23NO3. The van der Waals surface area contributed by atoms with Crippen LogP contribution in [0.3, 0.4) is 0 Å². The molecule has 102 valence electrons. The summed E-state index contributed by atoms with van der Waals surface area (Å²) in [5.74, 6) is 0. The van der Waals surface area contributed by atoms with Crippen molar-refractivity contribution < 1.29 is 14.6 Å². The maximum Gasteiger partial charge on any atom is 0.102 e. The van der Waals surface area contributed by atoms with Gasteiger partial charge in [-0.2, -0.15) is 0 Å². The van der Waals surface area contributed by atoms with Gasteiger partial charge < -0.3 is 20.3 Å². The molecule has 0 heterocycles. The summed E-state index contributed by atoms with van der Waals surface area (Å²) in [6, 6.07) is 7.60. The van der Waals surface area contributed by atoms with Crippen LogP contribution in [0.5, 0.6) is 0 Å². The predicted molar refractivity (Wildman–Crippen MR) is 71.2 cm³/mol. The van der Waals surface area contributed by atoms with Crippen LogP contribution < -0.4 is 5.73 Å². The molecule has 1 unspecified atom stereocenters. The first-order chi connectivity index (χ1) is 8.77. The molecule has 0 aromatic heterocycles. The summed E-state index contributed by atoms with van der Waals surface area (Å²) in [5, 5.41) is 9.89. The van der Waals surface area contributed by atoms with Gasteiger partial charge in [-0.15, -0.1) is 0 Å². The van der Waals surface area contributed by atoms with Crippen LogP contribution in [0, 0.1) is 0 Å². The highest BCUT2D eigenvalue weighted by atomic mass is 16.5. The van der Waals surface area contributed by atoms with Gasteiger partial charge in [-0.25, -0.2) is 0 Å². The van der Waals surface area contributed by atoms with Crippen LogP contribution >= 0.6 is 0 Å². The van der Waals surface area contributed by atoms with Crippen molar-refractivity contribution in [1.29, 1.82) is 0 Å². The van der Waals surface area contributed by atoms with E-state index < -0.39 is 6.10 Å². The molecule has 1 atom stereocenters. The molecule has 0 saturated carbocycles. The maximum atomic E-state index is 9.89. The fraction of sp³-hybridized carbons (Fsp3) is 0.571. The summed E-state index contributed by atoms with van der Waals surface area (Å²) in [5.41, 5.74) is 7.42. The third kappa shape index (κ3) is 5.60. The molecule has 18 heavy (non-hydrogen) atoms. The first-order valence-electron chi connectivity index (χ1n) is 6.40. The molecule has 0 aliphatic rings. The summed E-state index contributed by atoms with van der Waals surface area (Å²) in [7, 11) is 0. The highest BCUT2D eigenvalue weighted by Crippen LogP contribution is 2.13. The molecule has 0 aliphatic carbocycles. The Labute approximate surface area is 109 Å². The Balaban J connectivity index is 2.21. The Bertz CT molecular complexity index is 313. The Kier molecular flexibility index (Phi) is 7.60. The standard InChI is InChI=1S/C14H23NO3/c1-2-7-17-8-9-18-11-14(16)13-5-3-12(10-15)4-6-13/h3-6,14,16H,2,7-11,15H2,1H3. The van der Waals surface area contributed by atoms with Crippen LogP contribution in [0.15, 0.2) is 24.3 Å². The fourth-order valence-corrected chi connectivity index (χ4v) is 1.53. The molecule has 1 aromatic carbocycles. The zero-order valence-corrected chi connectivity index (χ0v) is 11.0. The number of benzene rings is 1. The molecule has 3 N–H and O–H groups in total. The van der Waals surface area contributed by atoms with Crippen LogP contribution in [0.25, 0.3) is 0 Å². The van der Waals surface area contributed by atoms with Crippen molar-refractivity contribution >= 4 is 0 Å². The van der Waals surface area contributed by atoms with Gasteiger partial charge in [0.15, 0.2) is 0 Å². The van der Waals surface area contributed by atoms with E-state index in [1.807, 2.05) is 24.3 Å². The second kappa shape index (κ2) is 9.05. The molecule has 0 fully saturated rings. The number of nitrogens with two attached hydrogens (primary N) is 1. The molecule has 1 aromatic rings. The molecule has 0 bridgehead atoms. The summed E-state index contributed by atoms with van der Waals surface area (Å²) < 4.78 is 10.6. The summed E-state index contributed by atoms with van der Waals surface area (Å²) >= 11 is 0. The number of hydrogen-bond donors (Lipinski definition) is 2. The van der Waals surface area contributed by atoms with Gasteiger partial charge in [-0.3, -0.25) is 0 Å². The minimum absolute atomic E-state index is 0.289. The van der Waals surface area contributed by atoms with Gasteiger partial charge in [0.05, 0.1) is 19.8 Å². The van der Waals surface area contributed by atoms with Crippen molar-refractivity contribution in [2.24, 2.45) is 5.73 Å². The third-order valence-electron chi connectivity index (χ3n) is 2.60. The number of aliphatic hydroxyl groups excluding tert-OH is 1. The van der Waals surface area contributed by atoms with E-state index in [1.165, 1.54) is 0 Å². The largest absolute Gasteiger partial charge is 0.386 e. The number of hydrogen-bond acceptors (Lipinski definition) is 4. The highest BCUT2D eigenvalue weighted by molar-refractivity contribution is 5.23. The van der Waals surface area contributed by atoms with E-state index in [9.17, 15) is 5.11 Å². The second-order valence-corrected chi connectivity index (χ2v) is 4.15. The monoisotopic (exact) mass is 253 g/mol. The van der Waals surface area contributed by atoms with Gasteiger partial charge in [0, 0.05) is 13.2 Å². The van der Waals surface area contributed by atoms with Crippen molar-refractivity contribution in [3.63, 3.8) is 0 Å². The van der Waals surface area contributed by atoms with Gasteiger partial charge in [0.25, 0.3) is 0 Å². The van der Waals surface area contributed by atoms with Crippen molar-refractivity contribution in [3.05, 3.63) is 35.4 Å². The van der Waals surface area contributed by atoms with Crippen LogP contribution in [0.1, 0.15) is 30.6 Å². The maximum absolute atomic E-state index is 9.89. The van der Waals surface area contributed by atoms with Crippen molar-refractivity contribution in [3.8, 4) is 0 Å². The number of ether oxygens (including phenoxy) is 2. The number of rotatable bonds is 9. The Morgan fingerprint density at radius 1 is 1.11 bits per heavy atom. The topological polar surface area (TPSA) is 64.7 Å². The zero-order chi connectivity index (χ0) is 13.2. The van der Waals surface area contributed by atoms with Gasteiger partial charge in [-0.1, -0.05) is 31.2 Å². The van der Waals surface area contributed by atoms with E-state index >= 15 is 0 Å². The minimum Gasteiger partial charge on any atom is -0.386 e. The third-order valence-corrected chi connectivity index (χ3v) is 2.60. The summed E-state index contributed by atoms with van der Waals surface area (Å²) in [6.07, 6.45) is 0.416. The first kappa shape index (κ1) is 15.1. The average Bonchev–Trinajstić information content (AvgIpc) is 2.42. The van der Waals surface area contributed by atoms with Crippen LogP contribution in [-0.4, -0.2) is 31.5 Å². The fourth-order valence-electron chi connectivity index (χ4n) is 1.53. The molecule has 0 amide bonds. The Morgan fingerprint density at radius 3 is 2.39 bits per heavy atom. The van der Waals surface area contributed by atoms with Gasteiger partial charge in [0.2, 0.25) is 0 Å². The van der Waals surface area contributed by atoms with Crippen LogP contribution in [0.4, 0.5) is 0 Å². The Morgan fingerprint density at radius 2 is 1.78 bits per heavy atom. The lowest BCUT2D eigenvalue weighted by molar-refractivity contribution is 0.00326. The first-order valence-corrected chi connectivity index (χ1v) is 6.40. The lowest BCUT2D eigenvalue weighted by Crippen LogP contribution is -2.11. The molecular weight excluding hydrogens is 230 g/mol. The summed E-state index contributed by atoms with van der Waals surface area (Å²) in [4.78, 5) is 0. The van der Waals surface area contributed by atoms with Crippen molar-refractivity contribution in [2.45, 2.75) is 26.0 Å². The zero-order valence-electron chi connectivity index (χ0n) is 11.0. The van der Waals surface area contributed by atoms with Gasteiger partial charge in [0.1, 0.15) is 6.10 Å². The average molecular weight is 253 g/mol. The SMILES string of the molecule is CCCOCCOCC(O)c1ccc(CN)cc1. The van der Waals surface area contributed by atoms with E-state index in [-0.39, 0.29) is 6.61 Å².